The Bertz CT molecular complexity index is 753. The van der Waals surface area contributed by atoms with Gasteiger partial charge in [-0.2, -0.15) is 0 Å². The van der Waals surface area contributed by atoms with Crippen LogP contribution in [0.5, 0.6) is 0 Å². The van der Waals surface area contributed by atoms with Crippen molar-refractivity contribution in [3.8, 4) is 0 Å². The summed E-state index contributed by atoms with van der Waals surface area (Å²) in [5.74, 6) is 1.07. The minimum atomic E-state index is 0.100. The van der Waals surface area contributed by atoms with E-state index in [2.05, 4.69) is 27.2 Å². The third-order valence-electron chi connectivity index (χ3n) is 5.61. The van der Waals surface area contributed by atoms with Crippen LogP contribution in [-0.4, -0.2) is 45.5 Å². The molecule has 6 heteroatoms. The van der Waals surface area contributed by atoms with E-state index in [4.69, 9.17) is 4.52 Å². The molecule has 2 saturated heterocycles. The highest BCUT2D eigenvalue weighted by Crippen LogP contribution is 2.41. The van der Waals surface area contributed by atoms with E-state index in [-0.39, 0.29) is 11.3 Å². The summed E-state index contributed by atoms with van der Waals surface area (Å²) in [6.07, 6.45) is 5.42. The molecule has 1 unspecified atom stereocenters. The number of aromatic nitrogens is 2. The second-order valence-corrected chi connectivity index (χ2v) is 7.55. The Morgan fingerprint density at radius 3 is 2.72 bits per heavy atom. The van der Waals surface area contributed by atoms with Gasteiger partial charge in [-0.3, -0.25) is 14.7 Å². The Morgan fingerprint density at radius 1 is 1.20 bits per heavy atom. The van der Waals surface area contributed by atoms with Crippen molar-refractivity contribution in [2.75, 3.05) is 19.6 Å². The van der Waals surface area contributed by atoms with Gasteiger partial charge in [0.05, 0.1) is 12.2 Å². The molecule has 4 heterocycles. The van der Waals surface area contributed by atoms with E-state index in [0.29, 0.717) is 13.0 Å². The van der Waals surface area contributed by atoms with Gasteiger partial charge in [-0.05, 0) is 44.5 Å². The molecule has 0 bridgehead atoms. The summed E-state index contributed by atoms with van der Waals surface area (Å²) in [5, 5.41) is 4.00. The van der Waals surface area contributed by atoms with Crippen molar-refractivity contribution in [1.29, 1.82) is 0 Å². The minimum Gasteiger partial charge on any atom is -0.361 e. The molecule has 4 rings (SSSR count). The lowest BCUT2D eigenvalue weighted by Crippen LogP contribution is -2.31. The van der Waals surface area contributed by atoms with Crippen LogP contribution in [0.15, 0.2) is 29.0 Å². The molecule has 2 aliphatic heterocycles. The third-order valence-corrected chi connectivity index (χ3v) is 5.61. The van der Waals surface area contributed by atoms with Crippen LogP contribution in [0.2, 0.25) is 0 Å². The van der Waals surface area contributed by atoms with Crippen molar-refractivity contribution < 1.29 is 9.32 Å². The lowest BCUT2D eigenvalue weighted by atomic mass is 9.86. The van der Waals surface area contributed by atoms with E-state index in [1.54, 1.807) is 0 Å². The average molecular weight is 340 g/mol. The zero-order valence-corrected chi connectivity index (χ0v) is 14.9. The lowest BCUT2D eigenvalue weighted by Gasteiger charge is -2.24. The second kappa shape index (κ2) is 6.26. The molecule has 0 aliphatic carbocycles. The van der Waals surface area contributed by atoms with Crippen molar-refractivity contribution in [3.05, 3.63) is 47.1 Å². The van der Waals surface area contributed by atoms with Gasteiger partial charge < -0.3 is 9.42 Å². The first-order valence-corrected chi connectivity index (χ1v) is 8.85. The first kappa shape index (κ1) is 16.3. The number of pyridine rings is 1. The smallest absolute Gasteiger partial charge is 0.223 e. The highest BCUT2D eigenvalue weighted by Gasteiger charge is 2.47. The van der Waals surface area contributed by atoms with Crippen LogP contribution in [0.3, 0.4) is 0 Å². The SMILES string of the molecule is Cc1noc(C)c1CN1CC2(CCN(Cc3ccncc3)C2)CC1=O. The van der Waals surface area contributed by atoms with Crippen LogP contribution in [-0.2, 0) is 17.9 Å². The van der Waals surface area contributed by atoms with Crippen molar-refractivity contribution in [2.24, 2.45) is 5.41 Å². The molecule has 2 aromatic rings. The predicted molar refractivity (Wildman–Crippen MR) is 92.6 cm³/mol. The molecule has 1 spiro atoms. The molecule has 1 amide bonds. The monoisotopic (exact) mass is 340 g/mol. The minimum absolute atomic E-state index is 0.100. The molecule has 1 atom stereocenters. The fourth-order valence-electron chi connectivity index (χ4n) is 4.23. The van der Waals surface area contributed by atoms with Gasteiger partial charge in [0.2, 0.25) is 5.91 Å². The molecule has 0 aromatic carbocycles. The number of likely N-dealkylation sites (tertiary alicyclic amines) is 2. The Kier molecular flexibility index (Phi) is 4.07. The molecule has 25 heavy (non-hydrogen) atoms. The Balaban J connectivity index is 1.42. The molecule has 2 aromatic heterocycles. The number of hydrogen-bond donors (Lipinski definition) is 0. The van der Waals surface area contributed by atoms with Gasteiger partial charge in [0.25, 0.3) is 0 Å². The van der Waals surface area contributed by atoms with Crippen LogP contribution in [0.1, 0.15) is 35.4 Å². The summed E-state index contributed by atoms with van der Waals surface area (Å²) in [5.41, 5.74) is 3.32. The van der Waals surface area contributed by atoms with E-state index >= 15 is 0 Å². The number of rotatable bonds is 4. The van der Waals surface area contributed by atoms with Crippen molar-refractivity contribution in [3.63, 3.8) is 0 Å². The van der Waals surface area contributed by atoms with E-state index < -0.39 is 0 Å². The summed E-state index contributed by atoms with van der Waals surface area (Å²) in [7, 11) is 0. The van der Waals surface area contributed by atoms with Crippen LogP contribution in [0, 0.1) is 19.3 Å². The topological polar surface area (TPSA) is 62.5 Å². The van der Waals surface area contributed by atoms with Crippen molar-refractivity contribution >= 4 is 5.91 Å². The fraction of sp³-hybridized carbons (Fsp3) is 0.526. The number of nitrogens with zero attached hydrogens (tertiary/aromatic N) is 4. The van der Waals surface area contributed by atoms with Crippen LogP contribution in [0.25, 0.3) is 0 Å². The highest BCUT2D eigenvalue weighted by atomic mass is 16.5. The van der Waals surface area contributed by atoms with E-state index in [9.17, 15) is 4.79 Å². The summed E-state index contributed by atoms with van der Waals surface area (Å²) >= 11 is 0. The number of carbonyl (C=O) groups excluding carboxylic acids is 1. The second-order valence-electron chi connectivity index (χ2n) is 7.55. The normalized spacial score (nSPS) is 23.9. The number of amides is 1. The highest BCUT2D eigenvalue weighted by molar-refractivity contribution is 5.79. The first-order chi connectivity index (χ1) is 12.0. The van der Waals surface area contributed by atoms with Crippen LogP contribution in [0.4, 0.5) is 0 Å². The van der Waals surface area contributed by atoms with Crippen molar-refractivity contribution in [2.45, 2.75) is 39.8 Å². The van der Waals surface area contributed by atoms with Crippen LogP contribution < -0.4 is 0 Å². The number of carbonyl (C=O) groups is 1. The van der Waals surface area contributed by atoms with Gasteiger partial charge >= 0.3 is 0 Å². The Morgan fingerprint density at radius 2 is 2.00 bits per heavy atom. The van der Waals surface area contributed by atoms with E-state index in [1.165, 1.54) is 5.56 Å². The molecule has 6 nitrogen and oxygen atoms in total. The molecular weight excluding hydrogens is 316 g/mol. The van der Waals surface area contributed by atoms with E-state index in [1.807, 2.05) is 31.1 Å². The first-order valence-electron chi connectivity index (χ1n) is 8.85. The van der Waals surface area contributed by atoms with Gasteiger partial charge in [0, 0.05) is 49.4 Å². The number of aryl methyl sites for hydroxylation is 2. The summed E-state index contributed by atoms with van der Waals surface area (Å²) in [6, 6.07) is 4.13. The van der Waals surface area contributed by atoms with Crippen LogP contribution >= 0.6 is 0 Å². The molecule has 0 radical (unpaired) electrons. The van der Waals surface area contributed by atoms with E-state index in [0.717, 1.165) is 49.6 Å². The maximum absolute atomic E-state index is 12.6. The molecule has 0 saturated carbocycles. The van der Waals surface area contributed by atoms with Gasteiger partial charge in [-0.15, -0.1) is 0 Å². The zero-order chi connectivity index (χ0) is 17.4. The molecule has 2 aliphatic rings. The van der Waals surface area contributed by atoms with Gasteiger partial charge in [0.15, 0.2) is 0 Å². The standard InChI is InChI=1S/C19H24N4O2/c1-14-17(15(2)25-21-14)11-23-13-19(9-18(23)24)5-8-22(12-19)10-16-3-6-20-7-4-16/h3-4,6-7H,5,8-13H2,1-2H3. The Hall–Kier alpha value is -2.21. The molecule has 132 valence electrons. The molecule has 2 fully saturated rings. The lowest BCUT2D eigenvalue weighted by molar-refractivity contribution is -0.128. The average Bonchev–Trinajstić information content (AvgIpc) is 3.23. The summed E-state index contributed by atoms with van der Waals surface area (Å²) in [6.45, 7) is 8.27. The Labute approximate surface area is 147 Å². The van der Waals surface area contributed by atoms with Gasteiger partial charge in [0.1, 0.15) is 5.76 Å². The number of hydrogen-bond acceptors (Lipinski definition) is 5. The molecule has 0 N–H and O–H groups in total. The van der Waals surface area contributed by atoms with Gasteiger partial charge in [-0.1, -0.05) is 5.16 Å². The molecular formula is C19H24N4O2. The largest absolute Gasteiger partial charge is 0.361 e. The fourth-order valence-corrected chi connectivity index (χ4v) is 4.23. The van der Waals surface area contributed by atoms with Crippen molar-refractivity contribution in [1.82, 2.24) is 19.9 Å². The zero-order valence-electron chi connectivity index (χ0n) is 14.9. The quantitative estimate of drug-likeness (QED) is 0.855. The summed E-state index contributed by atoms with van der Waals surface area (Å²) in [4.78, 5) is 21.1. The maximum Gasteiger partial charge on any atom is 0.223 e. The van der Waals surface area contributed by atoms with Gasteiger partial charge in [-0.25, -0.2) is 0 Å². The third kappa shape index (κ3) is 3.18. The summed E-state index contributed by atoms with van der Waals surface area (Å²) < 4.78 is 5.24. The maximum atomic E-state index is 12.6. The predicted octanol–water partition coefficient (Wildman–Crippen LogP) is 2.31.